The monoisotopic (exact) mass is 172 g/mol. The van der Waals surface area contributed by atoms with Gasteiger partial charge in [0.2, 0.25) is 5.82 Å². The van der Waals surface area contributed by atoms with Crippen molar-refractivity contribution in [2.75, 3.05) is 0 Å². The van der Waals surface area contributed by atoms with Gasteiger partial charge in [0, 0.05) is 24.6 Å². The van der Waals surface area contributed by atoms with Crippen LogP contribution >= 0.6 is 12.2 Å². The fourth-order valence-electron chi connectivity index (χ4n) is 0.505. The first kappa shape index (κ1) is 7.67. The molecule has 0 radical (unpaired) electrons. The second-order valence-electron chi connectivity index (χ2n) is 1.59. The van der Waals surface area contributed by atoms with E-state index in [9.17, 15) is 4.79 Å². The molecule has 0 amide bonds. The average Bonchev–Trinajstić information content (AvgIpc) is 2.35. The minimum absolute atomic E-state index is 0.00130. The molecular formula is C5H4N2O3S. The molecule has 0 aliphatic carbocycles. The number of hydrogen-bond donors (Lipinski definition) is 2. The summed E-state index contributed by atoms with van der Waals surface area (Å²) < 4.78 is 4.15. The van der Waals surface area contributed by atoms with Crippen LogP contribution in [0.3, 0.4) is 0 Å². The first-order chi connectivity index (χ1) is 5.20. The van der Waals surface area contributed by atoms with Crippen LogP contribution in [0.2, 0.25) is 0 Å². The van der Waals surface area contributed by atoms with Gasteiger partial charge in [0.05, 0.1) is 0 Å². The van der Waals surface area contributed by atoms with Crippen molar-refractivity contribution in [2.45, 2.75) is 0 Å². The number of nitrogens with zero attached hydrogens (tertiary/aromatic N) is 1. The van der Waals surface area contributed by atoms with Crippen LogP contribution in [0, 0.1) is 0 Å². The fraction of sp³-hybridized carbons (Fsp3) is 0. The van der Waals surface area contributed by atoms with Gasteiger partial charge < -0.3 is 14.8 Å². The molecule has 1 aromatic rings. The van der Waals surface area contributed by atoms with Crippen molar-refractivity contribution in [2.24, 2.45) is 0 Å². The van der Waals surface area contributed by atoms with Crippen LogP contribution in [0.25, 0.3) is 0 Å². The lowest BCUT2D eigenvalue weighted by atomic mass is 10.6. The van der Waals surface area contributed by atoms with Gasteiger partial charge in [0.25, 0.3) is 0 Å². The first-order valence-electron chi connectivity index (χ1n) is 2.64. The maximum atomic E-state index is 10.8. The number of H-pyrrole nitrogens is 1. The Labute approximate surface area is 67.0 Å². The second-order valence-corrected chi connectivity index (χ2v) is 1.94. The summed E-state index contributed by atoms with van der Waals surface area (Å²) in [5.74, 6) is -0.802. The van der Waals surface area contributed by atoms with Crippen molar-refractivity contribution in [3.05, 3.63) is 18.2 Å². The Hall–Kier alpha value is -1.43. The Bertz CT molecular complexity index is 269. The Balaban J connectivity index is 2.64. The fourth-order valence-corrected chi connectivity index (χ4v) is 0.580. The summed E-state index contributed by atoms with van der Waals surface area (Å²) in [7, 11) is 0. The van der Waals surface area contributed by atoms with Crippen LogP contribution in [0.5, 0.6) is 0 Å². The summed E-state index contributed by atoms with van der Waals surface area (Å²) in [5.41, 5.74) is 0. The lowest BCUT2D eigenvalue weighted by Crippen LogP contribution is -2.11. The number of aliphatic hydroxyl groups excluding tert-OH is 1. The number of carbonyl (C=O) groups is 1. The lowest BCUT2D eigenvalue weighted by molar-refractivity contribution is 0.0671. The molecule has 0 bridgehead atoms. The van der Waals surface area contributed by atoms with Crippen molar-refractivity contribution in [3.63, 3.8) is 0 Å². The van der Waals surface area contributed by atoms with E-state index in [1.807, 2.05) is 0 Å². The third kappa shape index (κ3) is 2.01. The minimum atomic E-state index is -0.814. The molecule has 2 N–H and O–H groups in total. The maximum absolute atomic E-state index is 10.8. The molecule has 0 spiro atoms. The highest BCUT2D eigenvalue weighted by Crippen LogP contribution is 1.92. The van der Waals surface area contributed by atoms with Gasteiger partial charge in [-0.25, -0.2) is 9.78 Å². The SMILES string of the molecule is O=C(OC(O)=S)c1ncc[nH]1. The molecule has 0 fully saturated rings. The highest BCUT2D eigenvalue weighted by molar-refractivity contribution is 7.79. The van der Waals surface area contributed by atoms with E-state index in [-0.39, 0.29) is 5.82 Å². The number of imidazole rings is 1. The van der Waals surface area contributed by atoms with Gasteiger partial charge in [-0.15, -0.1) is 0 Å². The summed E-state index contributed by atoms with van der Waals surface area (Å²) in [5, 5.41) is 7.55. The summed E-state index contributed by atoms with van der Waals surface area (Å²) in [6.45, 7) is 0. The van der Waals surface area contributed by atoms with E-state index >= 15 is 0 Å². The van der Waals surface area contributed by atoms with Gasteiger partial charge in [0.15, 0.2) is 0 Å². The van der Waals surface area contributed by atoms with Crippen molar-refractivity contribution in [3.8, 4) is 0 Å². The Morgan fingerprint density at radius 3 is 3.00 bits per heavy atom. The molecule has 0 aromatic carbocycles. The normalized spacial score (nSPS) is 9.09. The number of carbonyl (C=O) groups excluding carboxylic acids is 1. The molecule has 1 aromatic heterocycles. The van der Waals surface area contributed by atoms with Gasteiger partial charge in [-0.2, -0.15) is 0 Å². The van der Waals surface area contributed by atoms with Gasteiger partial charge in [-0.1, -0.05) is 0 Å². The third-order valence-corrected chi connectivity index (χ3v) is 0.955. The number of aliphatic hydroxyl groups is 1. The number of aromatic amines is 1. The van der Waals surface area contributed by atoms with E-state index in [4.69, 9.17) is 5.11 Å². The predicted molar refractivity (Wildman–Crippen MR) is 39.2 cm³/mol. The molecule has 0 saturated heterocycles. The highest BCUT2D eigenvalue weighted by Gasteiger charge is 2.10. The predicted octanol–water partition coefficient (Wildman–Crippen LogP) is 0.409. The number of rotatable bonds is 1. The quantitative estimate of drug-likeness (QED) is 0.474. The lowest BCUT2D eigenvalue weighted by Gasteiger charge is -1.94. The summed E-state index contributed by atoms with van der Waals surface area (Å²) in [6.07, 6.45) is 2.84. The standard InChI is InChI=1S/C5H4N2O3S/c8-4(10-5(9)11)3-6-1-2-7-3/h1-2H,(H,6,7)(H,9,11). The van der Waals surface area contributed by atoms with Crippen LogP contribution in [0.1, 0.15) is 10.6 Å². The molecule has 0 saturated carbocycles. The van der Waals surface area contributed by atoms with E-state index in [2.05, 4.69) is 26.9 Å². The molecule has 0 atom stereocenters. The van der Waals surface area contributed by atoms with Crippen LogP contribution in [0.4, 0.5) is 0 Å². The third-order valence-electron chi connectivity index (χ3n) is 0.872. The maximum Gasteiger partial charge on any atom is 0.382 e. The Kier molecular flexibility index (Phi) is 2.17. The van der Waals surface area contributed by atoms with E-state index < -0.39 is 11.2 Å². The number of nitrogens with one attached hydrogen (secondary N) is 1. The van der Waals surface area contributed by atoms with E-state index in [1.54, 1.807) is 0 Å². The van der Waals surface area contributed by atoms with Crippen molar-refractivity contribution in [1.29, 1.82) is 0 Å². The molecule has 58 valence electrons. The molecule has 1 rings (SSSR count). The van der Waals surface area contributed by atoms with Crippen molar-refractivity contribution < 1.29 is 14.6 Å². The summed E-state index contributed by atoms with van der Waals surface area (Å²) in [4.78, 5) is 16.8. The number of thiocarbonyl (C=S) groups is 1. The van der Waals surface area contributed by atoms with E-state index in [0.29, 0.717) is 0 Å². The second kappa shape index (κ2) is 3.11. The molecule has 0 unspecified atom stereocenters. The molecular weight excluding hydrogens is 168 g/mol. The van der Waals surface area contributed by atoms with Crippen LogP contribution in [0.15, 0.2) is 12.4 Å². The Morgan fingerprint density at radius 1 is 1.82 bits per heavy atom. The Morgan fingerprint density at radius 2 is 2.55 bits per heavy atom. The van der Waals surface area contributed by atoms with Crippen LogP contribution in [-0.2, 0) is 4.74 Å². The number of esters is 1. The van der Waals surface area contributed by atoms with Crippen LogP contribution in [-0.4, -0.2) is 26.3 Å². The number of ether oxygens (including phenoxy) is 1. The highest BCUT2D eigenvalue weighted by atomic mass is 32.1. The first-order valence-corrected chi connectivity index (χ1v) is 3.05. The number of hydrogen-bond acceptors (Lipinski definition) is 4. The van der Waals surface area contributed by atoms with Gasteiger partial charge >= 0.3 is 11.2 Å². The van der Waals surface area contributed by atoms with Crippen LogP contribution < -0.4 is 0 Å². The average molecular weight is 172 g/mol. The molecule has 0 aliphatic heterocycles. The van der Waals surface area contributed by atoms with Crippen molar-refractivity contribution >= 4 is 23.4 Å². The largest absolute Gasteiger partial charge is 0.472 e. The van der Waals surface area contributed by atoms with E-state index in [0.717, 1.165) is 0 Å². The summed E-state index contributed by atoms with van der Waals surface area (Å²) >= 11 is 4.12. The van der Waals surface area contributed by atoms with Crippen molar-refractivity contribution in [1.82, 2.24) is 9.97 Å². The molecule has 6 heteroatoms. The zero-order valence-corrected chi connectivity index (χ0v) is 6.09. The van der Waals surface area contributed by atoms with E-state index in [1.165, 1.54) is 12.4 Å². The molecule has 5 nitrogen and oxygen atoms in total. The molecule has 0 aliphatic rings. The number of aromatic nitrogens is 2. The molecule has 11 heavy (non-hydrogen) atoms. The van der Waals surface area contributed by atoms with Gasteiger partial charge in [0.1, 0.15) is 0 Å². The zero-order chi connectivity index (χ0) is 8.27. The van der Waals surface area contributed by atoms with Gasteiger partial charge in [-0.3, -0.25) is 0 Å². The zero-order valence-electron chi connectivity index (χ0n) is 5.27. The smallest absolute Gasteiger partial charge is 0.382 e. The topological polar surface area (TPSA) is 75.2 Å². The minimum Gasteiger partial charge on any atom is -0.472 e. The molecule has 1 heterocycles. The summed E-state index contributed by atoms with van der Waals surface area (Å²) in [6, 6.07) is 0. The van der Waals surface area contributed by atoms with Gasteiger partial charge in [-0.05, 0) is 0 Å².